The fourth-order valence-electron chi connectivity index (χ4n) is 2.91. The zero-order valence-corrected chi connectivity index (χ0v) is 18.5. The van der Waals surface area contributed by atoms with Crippen LogP contribution in [0.3, 0.4) is 0 Å². The summed E-state index contributed by atoms with van der Waals surface area (Å²) in [5.74, 6) is 0. The molecule has 26 heavy (non-hydrogen) atoms. The minimum atomic E-state index is -2.98. The van der Waals surface area contributed by atoms with Gasteiger partial charge in [-0.15, -0.1) is 0 Å². The minimum Gasteiger partial charge on any atom is -0.371 e. The van der Waals surface area contributed by atoms with Gasteiger partial charge >= 0.3 is 8.80 Å². The third kappa shape index (κ3) is 8.29. The standard InChI is InChI=1S/C20H38N2O3Si/c1-15(2)23-26(24-16(3)4,25-17(5)6)20(14-22-18(7)21)13-19-11-9-8-10-12-19/h8-12,15-18,20,22H,13-14,21H2,1-7H3. The van der Waals surface area contributed by atoms with Crippen molar-refractivity contribution in [3.63, 3.8) is 0 Å². The fraction of sp³-hybridized carbons (Fsp3) is 0.700. The van der Waals surface area contributed by atoms with Crippen molar-refractivity contribution < 1.29 is 13.3 Å². The Labute approximate surface area is 161 Å². The van der Waals surface area contributed by atoms with Crippen LogP contribution in [0.1, 0.15) is 54.0 Å². The molecule has 1 aromatic carbocycles. The van der Waals surface area contributed by atoms with E-state index < -0.39 is 8.80 Å². The Kier molecular flexibility index (Phi) is 10.00. The van der Waals surface area contributed by atoms with Crippen LogP contribution >= 0.6 is 0 Å². The summed E-state index contributed by atoms with van der Waals surface area (Å²) in [6, 6.07) is 10.4. The predicted octanol–water partition coefficient (Wildman–Crippen LogP) is 3.71. The molecule has 0 saturated carbocycles. The van der Waals surface area contributed by atoms with Gasteiger partial charge in [0.2, 0.25) is 0 Å². The van der Waals surface area contributed by atoms with Crippen molar-refractivity contribution in [1.29, 1.82) is 0 Å². The molecule has 0 fully saturated rings. The van der Waals surface area contributed by atoms with Crippen LogP contribution in [0.4, 0.5) is 0 Å². The third-order valence-electron chi connectivity index (χ3n) is 3.71. The van der Waals surface area contributed by atoms with Crippen LogP contribution in [-0.4, -0.2) is 39.8 Å². The second-order valence-electron chi connectivity index (χ2n) is 7.69. The second kappa shape index (κ2) is 11.2. The van der Waals surface area contributed by atoms with Crippen molar-refractivity contribution in [3.8, 4) is 0 Å². The molecule has 0 aromatic heterocycles. The summed E-state index contributed by atoms with van der Waals surface area (Å²) in [7, 11) is -2.98. The molecule has 150 valence electrons. The summed E-state index contributed by atoms with van der Waals surface area (Å²) < 4.78 is 19.3. The normalized spacial score (nSPS) is 15.0. The van der Waals surface area contributed by atoms with Gasteiger partial charge < -0.3 is 24.3 Å². The van der Waals surface area contributed by atoms with Crippen LogP contribution < -0.4 is 11.1 Å². The molecule has 0 saturated heterocycles. The Morgan fingerprint density at radius 1 is 0.846 bits per heavy atom. The van der Waals surface area contributed by atoms with Gasteiger partial charge in [-0.1, -0.05) is 30.3 Å². The van der Waals surface area contributed by atoms with E-state index in [2.05, 4.69) is 29.6 Å². The lowest BCUT2D eigenvalue weighted by molar-refractivity contribution is -0.00525. The number of benzene rings is 1. The van der Waals surface area contributed by atoms with Gasteiger partial charge in [-0.05, 0) is 60.5 Å². The lowest BCUT2D eigenvalue weighted by Gasteiger charge is -2.40. The smallest absolute Gasteiger partial charge is 0.371 e. The first kappa shape index (κ1) is 23.3. The molecule has 0 amide bonds. The summed E-state index contributed by atoms with van der Waals surface area (Å²) in [6.07, 6.45) is 0.782. The Morgan fingerprint density at radius 3 is 1.69 bits per heavy atom. The van der Waals surface area contributed by atoms with Crippen LogP contribution in [-0.2, 0) is 19.7 Å². The molecule has 1 rings (SSSR count). The molecule has 3 N–H and O–H groups in total. The van der Waals surface area contributed by atoms with E-state index in [1.54, 1.807) is 0 Å². The van der Waals surface area contributed by atoms with E-state index in [0.29, 0.717) is 6.54 Å². The molecular formula is C20H38N2O3Si. The highest BCUT2D eigenvalue weighted by molar-refractivity contribution is 6.62. The van der Waals surface area contributed by atoms with E-state index in [4.69, 9.17) is 19.0 Å². The summed E-state index contributed by atoms with van der Waals surface area (Å²) in [4.78, 5) is 0. The van der Waals surface area contributed by atoms with Gasteiger partial charge in [-0.25, -0.2) is 0 Å². The minimum absolute atomic E-state index is 0.0211. The molecule has 2 atom stereocenters. The molecule has 2 unspecified atom stereocenters. The van der Waals surface area contributed by atoms with Crippen molar-refractivity contribution in [2.75, 3.05) is 6.54 Å². The molecule has 0 spiro atoms. The Hall–Kier alpha value is -0.763. The maximum atomic E-state index is 6.44. The van der Waals surface area contributed by atoms with Crippen molar-refractivity contribution in [2.24, 2.45) is 5.73 Å². The van der Waals surface area contributed by atoms with E-state index >= 15 is 0 Å². The van der Waals surface area contributed by atoms with E-state index in [1.165, 1.54) is 5.56 Å². The van der Waals surface area contributed by atoms with Gasteiger partial charge in [-0.2, -0.15) is 0 Å². The zero-order valence-electron chi connectivity index (χ0n) is 17.5. The molecule has 6 heteroatoms. The van der Waals surface area contributed by atoms with Gasteiger partial charge in [0.05, 0.1) is 6.17 Å². The van der Waals surface area contributed by atoms with E-state index in [1.807, 2.05) is 54.5 Å². The van der Waals surface area contributed by atoms with E-state index in [-0.39, 0.29) is 30.0 Å². The third-order valence-corrected chi connectivity index (χ3v) is 7.52. The largest absolute Gasteiger partial charge is 0.506 e. The SMILES string of the molecule is CC(N)NCC(Cc1ccccc1)[Si](OC(C)C)(OC(C)C)OC(C)C. The number of nitrogens with two attached hydrogens (primary N) is 1. The quantitative estimate of drug-likeness (QED) is 0.426. The maximum Gasteiger partial charge on any atom is 0.506 e. The molecule has 0 aliphatic heterocycles. The van der Waals surface area contributed by atoms with E-state index in [9.17, 15) is 0 Å². The number of hydrogen-bond acceptors (Lipinski definition) is 5. The summed E-state index contributed by atoms with van der Waals surface area (Å²) >= 11 is 0. The first-order valence-corrected chi connectivity index (χ1v) is 11.5. The van der Waals surface area contributed by atoms with Gasteiger partial charge in [0.1, 0.15) is 0 Å². The molecule has 5 nitrogen and oxygen atoms in total. The van der Waals surface area contributed by atoms with Crippen molar-refractivity contribution in [3.05, 3.63) is 35.9 Å². The summed E-state index contributed by atoms with van der Waals surface area (Å²) in [6.45, 7) is 14.8. The highest BCUT2D eigenvalue weighted by atomic mass is 28.4. The molecular weight excluding hydrogens is 344 g/mol. The Bertz CT molecular complexity index is 469. The predicted molar refractivity (Wildman–Crippen MR) is 110 cm³/mol. The number of nitrogens with one attached hydrogen (secondary N) is 1. The maximum absolute atomic E-state index is 6.44. The fourth-order valence-corrected chi connectivity index (χ4v) is 6.48. The molecule has 0 aliphatic rings. The molecule has 1 aromatic rings. The lowest BCUT2D eigenvalue weighted by atomic mass is 10.1. The van der Waals surface area contributed by atoms with Gasteiger partial charge in [-0.3, -0.25) is 0 Å². The van der Waals surface area contributed by atoms with E-state index in [0.717, 1.165) is 6.42 Å². The molecule has 0 radical (unpaired) electrons. The topological polar surface area (TPSA) is 65.7 Å². The Balaban J connectivity index is 3.24. The molecule has 0 aliphatic carbocycles. The summed E-state index contributed by atoms with van der Waals surface area (Å²) in [5.41, 5.74) is 7.28. The van der Waals surface area contributed by atoms with Crippen LogP contribution in [0.5, 0.6) is 0 Å². The van der Waals surface area contributed by atoms with Gasteiger partial charge in [0.15, 0.2) is 0 Å². The van der Waals surface area contributed by atoms with Crippen LogP contribution in [0.15, 0.2) is 30.3 Å². The van der Waals surface area contributed by atoms with Crippen LogP contribution in [0.2, 0.25) is 5.54 Å². The number of rotatable bonds is 12. The lowest BCUT2D eigenvalue weighted by Crippen LogP contribution is -2.57. The van der Waals surface area contributed by atoms with Crippen molar-refractivity contribution >= 4 is 8.80 Å². The first-order chi connectivity index (χ1) is 12.1. The second-order valence-corrected chi connectivity index (χ2v) is 10.4. The highest BCUT2D eigenvalue weighted by Crippen LogP contribution is 2.32. The van der Waals surface area contributed by atoms with Crippen molar-refractivity contribution in [2.45, 2.75) is 84.9 Å². The average molecular weight is 383 g/mol. The van der Waals surface area contributed by atoms with Gasteiger partial charge in [0, 0.05) is 30.4 Å². The monoisotopic (exact) mass is 382 g/mol. The highest BCUT2D eigenvalue weighted by Gasteiger charge is 2.51. The Morgan fingerprint density at radius 2 is 1.31 bits per heavy atom. The van der Waals surface area contributed by atoms with Gasteiger partial charge in [0.25, 0.3) is 0 Å². The van der Waals surface area contributed by atoms with Crippen LogP contribution in [0.25, 0.3) is 0 Å². The summed E-state index contributed by atoms with van der Waals surface area (Å²) in [5, 5.41) is 3.36. The zero-order chi connectivity index (χ0) is 19.7. The number of hydrogen-bond donors (Lipinski definition) is 2. The molecule has 0 heterocycles. The molecule has 0 bridgehead atoms. The van der Waals surface area contributed by atoms with Crippen LogP contribution in [0, 0.1) is 0 Å². The van der Waals surface area contributed by atoms with Crippen molar-refractivity contribution in [1.82, 2.24) is 5.32 Å². The first-order valence-electron chi connectivity index (χ1n) is 9.71. The average Bonchev–Trinajstić information content (AvgIpc) is 2.49.